The van der Waals surface area contributed by atoms with Crippen molar-refractivity contribution < 1.29 is 115 Å². The summed E-state index contributed by atoms with van der Waals surface area (Å²) in [5.41, 5.74) is -15.7. The van der Waals surface area contributed by atoms with Gasteiger partial charge in [0.05, 0.1) is 39.2 Å². The van der Waals surface area contributed by atoms with Crippen LogP contribution in [0.4, 0.5) is 65.9 Å². The molecule has 0 bridgehead atoms. The third-order valence-electron chi connectivity index (χ3n) is 30.6. The lowest BCUT2D eigenvalue weighted by molar-refractivity contribution is -0.422. The van der Waals surface area contributed by atoms with Crippen LogP contribution in [0.5, 0.6) is 0 Å². The molecule has 10 aromatic rings. The zero-order chi connectivity index (χ0) is 111. The lowest BCUT2D eigenvalue weighted by Crippen LogP contribution is -2.70. The standard InChI is InChI=1S/C24H28F6O2.3C24H31F3O2.C24H34O2/c1-7-21(8-2,32-20(5,6)22(31,23(25,26)27)24(28,29)30)19-12-11-16-9-10-17(15(3)4)13-18(16)14-19;1-8-23(9-2,29-21(5,6)22(7,28)24(25,26)27)20-13-12-18-14-17(16(3)4)10-11-19(18)15-20;1-8-23(9-2,29-21(5,6)22(7,28)24(25,26)27)20-12-10-11-18-15-17(16(3)4)13-14-19(18)20;1-8-23(9-2,29-21(5,6)22(7,28)24(25,26)27)20-15-18(16(3)4)14-17-12-10-11-13-19(17)20;1-9-24(10-2,26-23(7,8)22(5,6)25)21-16-19-14-12-11-13-18(19)15-20(21)17(3)4/h9-14,31H,3,7-8H2,1-2,4-6H3;3*10-15,28H,3,8-9H2,1-2,4-7H3;11-16,25H,3,9-10H2,1-2,4-8H3. The van der Waals surface area contributed by atoms with Crippen molar-refractivity contribution in [2.24, 2.45) is 0 Å². The first-order chi connectivity index (χ1) is 66.1. The van der Waals surface area contributed by atoms with Crippen molar-refractivity contribution in [3.8, 4) is 0 Å². The number of aliphatic hydroxyl groups is 5. The Kier molecular flexibility index (Phi) is 38.8. The van der Waals surface area contributed by atoms with E-state index in [2.05, 4.69) is 83.1 Å². The van der Waals surface area contributed by atoms with Crippen molar-refractivity contribution in [2.45, 2.75) is 387 Å². The maximum atomic E-state index is 13.6. The Morgan fingerprint density at radius 2 is 0.510 bits per heavy atom. The number of allylic oxidation sites excluding steroid dienone is 5. The normalized spacial score (nSPS) is 14.7. The number of ether oxygens (including phenoxy) is 5. The van der Waals surface area contributed by atoms with E-state index < -0.39 is 115 Å². The summed E-state index contributed by atoms with van der Waals surface area (Å²) in [5.74, 6) is 0. The molecule has 145 heavy (non-hydrogen) atoms. The van der Waals surface area contributed by atoms with Gasteiger partial charge in [-0.25, -0.2) is 0 Å². The van der Waals surface area contributed by atoms with Crippen LogP contribution in [-0.2, 0) is 51.7 Å². The summed E-state index contributed by atoms with van der Waals surface area (Å²) in [6, 6.07) is 58.8. The van der Waals surface area contributed by atoms with Gasteiger partial charge in [0.1, 0.15) is 22.4 Å². The van der Waals surface area contributed by atoms with Crippen LogP contribution in [0.3, 0.4) is 0 Å². The molecule has 3 unspecified atom stereocenters. The highest BCUT2D eigenvalue weighted by Gasteiger charge is 2.78. The lowest BCUT2D eigenvalue weighted by atomic mass is 9.80. The van der Waals surface area contributed by atoms with E-state index in [0.717, 1.165) is 155 Å². The number of hydrogen-bond acceptors (Lipinski definition) is 10. The SMILES string of the molecule is C=C(C)c1cc(C(CC)(CC)OC(C)(C)C(C)(O)C(F)(F)F)c2ccccc2c1.C=C(C)c1cc2ccccc2cc1C(CC)(CC)OC(C)(C)C(C)(C)O.C=C(C)c1ccc2c(C(CC)(CC)OC(C)(C)C(C)(O)C(F)(F)F)cccc2c1.C=C(C)c1ccc2cc(C(CC)(CC)OC(C)(C)C(C)(O)C(F)(F)F)ccc2c1.C=C(C)c1ccc2ccc(C(CC)(CC)OC(C)(C)C(O)(C(F)(F)F)C(F)(F)F)cc2c1. The first-order valence-corrected chi connectivity index (χ1v) is 49.5. The minimum atomic E-state index is -6.00. The first-order valence-electron chi connectivity index (χ1n) is 49.5. The van der Waals surface area contributed by atoms with Gasteiger partial charge in [-0.3, -0.25) is 0 Å². The number of fused-ring (bicyclic) bond motifs is 5. The minimum absolute atomic E-state index is 0.0877. The van der Waals surface area contributed by atoms with Crippen LogP contribution >= 0.6 is 0 Å². The van der Waals surface area contributed by atoms with Crippen molar-refractivity contribution in [1.29, 1.82) is 0 Å². The number of alkyl halides is 15. The highest BCUT2D eigenvalue weighted by atomic mass is 19.4. The number of rotatable bonds is 35. The fourth-order valence-corrected chi connectivity index (χ4v) is 18.5. The molecule has 3 atom stereocenters. The molecule has 800 valence electrons. The Morgan fingerprint density at radius 3 is 0.883 bits per heavy atom. The highest BCUT2D eigenvalue weighted by Crippen LogP contribution is 2.57. The summed E-state index contributed by atoms with van der Waals surface area (Å²) >= 11 is 0. The molecule has 0 aliphatic rings. The highest BCUT2D eigenvalue weighted by molar-refractivity contribution is 5.93. The summed E-state index contributed by atoms with van der Waals surface area (Å²) in [6.45, 7) is 67.5. The molecular weight excluding hydrogens is 1890 g/mol. The van der Waals surface area contributed by atoms with Crippen molar-refractivity contribution in [3.05, 3.63) is 271 Å². The molecule has 25 heteroatoms. The van der Waals surface area contributed by atoms with E-state index in [1.54, 1.807) is 32.0 Å². The Morgan fingerprint density at radius 1 is 0.234 bits per heavy atom. The van der Waals surface area contributed by atoms with E-state index >= 15 is 0 Å². The molecule has 0 spiro atoms. The molecule has 0 heterocycles. The fraction of sp³-hybridized carbons (Fsp3) is 0.500. The predicted octanol–water partition coefficient (Wildman–Crippen LogP) is 35.0. The number of benzene rings is 10. The van der Waals surface area contributed by atoms with Crippen molar-refractivity contribution in [2.75, 3.05) is 0 Å². The maximum absolute atomic E-state index is 13.6. The van der Waals surface area contributed by atoms with Gasteiger partial charge in [0, 0.05) is 0 Å². The van der Waals surface area contributed by atoms with Crippen molar-refractivity contribution >= 4 is 81.7 Å². The van der Waals surface area contributed by atoms with Gasteiger partial charge in [-0.05, 0) is 367 Å². The van der Waals surface area contributed by atoms with Gasteiger partial charge in [0.2, 0.25) is 0 Å². The molecule has 0 saturated heterocycles. The predicted molar refractivity (Wildman–Crippen MR) is 564 cm³/mol. The Bertz CT molecular complexity index is 6150. The summed E-state index contributed by atoms with van der Waals surface area (Å²) in [4.78, 5) is 0. The fourth-order valence-electron chi connectivity index (χ4n) is 18.5. The van der Waals surface area contributed by atoms with Gasteiger partial charge >= 0.3 is 30.9 Å². The Hall–Kier alpha value is -9.25. The molecule has 10 aromatic carbocycles. The molecule has 10 rings (SSSR count). The van der Waals surface area contributed by atoms with E-state index in [1.165, 1.54) is 52.3 Å². The molecule has 0 saturated carbocycles. The second-order valence-corrected chi connectivity index (χ2v) is 42.2. The van der Waals surface area contributed by atoms with Crippen LogP contribution in [0.1, 0.15) is 328 Å². The average molecular weight is 2040 g/mol. The van der Waals surface area contributed by atoms with E-state index in [9.17, 15) is 91.4 Å². The van der Waals surface area contributed by atoms with Gasteiger partial charge in [-0.1, -0.05) is 257 Å². The van der Waals surface area contributed by atoms with Crippen molar-refractivity contribution in [3.63, 3.8) is 0 Å². The van der Waals surface area contributed by atoms with Crippen LogP contribution < -0.4 is 0 Å². The number of halogens is 15. The summed E-state index contributed by atoms with van der Waals surface area (Å²) in [5, 5.41) is 61.4. The first kappa shape index (κ1) is 124. The Labute approximate surface area is 849 Å². The van der Waals surface area contributed by atoms with Crippen molar-refractivity contribution in [1.82, 2.24) is 0 Å². The zero-order valence-electron chi connectivity index (χ0n) is 90.4. The zero-order valence-corrected chi connectivity index (χ0v) is 90.4. The molecule has 0 radical (unpaired) electrons. The molecule has 0 fully saturated rings. The molecule has 5 N–H and O–H groups in total. The van der Waals surface area contributed by atoms with E-state index in [-0.39, 0.29) is 12.8 Å². The molecule has 0 amide bonds. The van der Waals surface area contributed by atoms with Gasteiger partial charge < -0.3 is 49.2 Å². The quantitative estimate of drug-likeness (QED) is 0.0243. The smallest absolute Gasteiger partial charge is 0.387 e. The third-order valence-corrected chi connectivity index (χ3v) is 30.6. The second kappa shape index (κ2) is 45.3. The largest absolute Gasteiger partial charge is 0.429 e. The summed E-state index contributed by atoms with van der Waals surface area (Å²) < 4.78 is 234. The maximum Gasteiger partial charge on any atom is 0.429 e. The van der Waals surface area contributed by atoms with Gasteiger partial charge in [0.25, 0.3) is 5.60 Å². The van der Waals surface area contributed by atoms with Crippen LogP contribution in [0.25, 0.3) is 81.7 Å². The van der Waals surface area contributed by atoms with E-state index in [0.29, 0.717) is 57.9 Å². The molecule has 0 aliphatic heterocycles. The third kappa shape index (κ3) is 25.7. The van der Waals surface area contributed by atoms with E-state index in [1.807, 2.05) is 231 Å². The molecule has 0 aromatic heterocycles. The monoisotopic (exact) mass is 2040 g/mol. The van der Waals surface area contributed by atoms with Crippen LogP contribution in [0, 0.1) is 0 Å². The molecule has 0 aliphatic carbocycles. The van der Waals surface area contributed by atoms with Gasteiger partial charge in [-0.15, -0.1) is 0 Å². The topological polar surface area (TPSA) is 147 Å². The van der Waals surface area contributed by atoms with Gasteiger partial charge in [-0.2, -0.15) is 65.9 Å². The van der Waals surface area contributed by atoms with E-state index in [4.69, 9.17) is 23.7 Å². The average Bonchev–Trinajstić information content (AvgIpc) is 0.708. The summed E-state index contributed by atoms with van der Waals surface area (Å²) in [6.07, 6.45) is -21.9. The minimum Gasteiger partial charge on any atom is -0.387 e. The van der Waals surface area contributed by atoms with Gasteiger partial charge in [0.15, 0.2) is 16.8 Å². The molecular formula is C120H155F15O10. The van der Waals surface area contributed by atoms with Crippen LogP contribution in [0.2, 0.25) is 0 Å². The second-order valence-electron chi connectivity index (χ2n) is 42.2. The summed E-state index contributed by atoms with van der Waals surface area (Å²) in [7, 11) is 0. The van der Waals surface area contributed by atoms with Crippen LogP contribution in [-0.4, -0.2) is 112 Å². The lowest BCUT2D eigenvalue weighted by Gasteiger charge is -2.49. The molecule has 10 nitrogen and oxygen atoms in total. The van der Waals surface area contributed by atoms with Crippen LogP contribution in [0.15, 0.2) is 215 Å². The number of hydrogen-bond donors (Lipinski definition) is 5. The Balaban J connectivity index is 0.000000277.